The highest BCUT2D eigenvalue weighted by Gasteiger charge is 2.38. The van der Waals surface area contributed by atoms with Gasteiger partial charge in [0.2, 0.25) is 0 Å². The van der Waals surface area contributed by atoms with Crippen molar-refractivity contribution >= 4 is 11.6 Å². The van der Waals surface area contributed by atoms with Crippen LogP contribution in [0.4, 0.5) is 22.0 Å². The van der Waals surface area contributed by atoms with Gasteiger partial charge in [0, 0.05) is 6.20 Å². The minimum atomic E-state index is -5.00. The van der Waals surface area contributed by atoms with Crippen LogP contribution in [0.5, 0.6) is 5.75 Å². The van der Waals surface area contributed by atoms with Crippen LogP contribution in [0.2, 0.25) is 0 Å². The number of pyridine rings is 1. The average molecular weight is 262 g/mol. The molecule has 1 aromatic heterocycles. The smallest absolute Gasteiger partial charge is 0.418 e. The van der Waals surface area contributed by atoms with Crippen molar-refractivity contribution < 1.29 is 27.1 Å². The van der Waals surface area contributed by atoms with E-state index in [1.54, 1.807) is 0 Å². The summed E-state index contributed by atoms with van der Waals surface area (Å²) >= 11 is 5.23. The number of halogens is 6. The van der Waals surface area contributed by atoms with Crippen molar-refractivity contribution in [1.29, 1.82) is 0 Å². The summed E-state index contributed by atoms with van der Waals surface area (Å²) < 4.78 is 61.7. The van der Waals surface area contributed by atoms with E-state index in [0.717, 1.165) is 0 Å². The van der Waals surface area contributed by atoms with E-state index in [1.165, 1.54) is 0 Å². The number of nitrogens with zero attached hydrogens (tertiary/aromatic N) is 1. The van der Waals surface area contributed by atoms with Crippen LogP contribution in [0.15, 0.2) is 6.20 Å². The maximum atomic E-state index is 12.4. The van der Waals surface area contributed by atoms with E-state index in [0.29, 0.717) is 0 Å². The highest BCUT2D eigenvalue weighted by molar-refractivity contribution is 6.17. The molecule has 0 fully saturated rings. The summed E-state index contributed by atoms with van der Waals surface area (Å²) in [5.74, 6) is -1.66. The van der Waals surface area contributed by atoms with Crippen LogP contribution >= 0.6 is 11.6 Å². The molecule has 0 atom stereocenters. The fraction of sp³-hybridized carbons (Fsp3) is 0.375. The number of hydrogen-bond acceptors (Lipinski definition) is 2. The molecule has 0 amide bonds. The molecule has 0 aliphatic rings. The van der Waals surface area contributed by atoms with E-state index in [9.17, 15) is 27.1 Å². The van der Waals surface area contributed by atoms with Crippen LogP contribution in [0, 0.1) is 0 Å². The molecular formula is C8H5ClF5NO. The van der Waals surface area contributed by atoms with Crippen LogP contribution < -0.4 is 0 Å². The fourth-order valence-corrected chi connectivity index (χ4v) is 1.30. The molecule has 1 rings (SSSR count). The maximum Gasteiger partial charge on any atom is 0.418 e. The Balaban J connectivity index is 3.47. The highest BCUT2D eigenvalue weighted by Crippen LogP contribution is 2.41. The summed E-state index contributed by atoms with van der Waals surface area (Å²) in [5, 5.41) is 9.18. The quantitative estimate of drug-likeness (QED) is 0.653. The van der Waals surface area contributed by atoms with Crippen molar-refractivity contribution in [3.05, 3.63) is 23.0 Å². The predicted octanol–water partition coefficient (Wildman–Crippen LogP) is 3.48. The van der Waals surface area contributed by atoms with E-state index < -0.39 is 41.1 Å². The van der Waals surface area contributed by atoms with Crippen LogP contribution in [0.1, 0.15) is 23.2 Å². The van der Waals surface area contributed by atoms with Gasteiger partial charge in [-0.25, -0.2) is 8.78 Å². The van der Waals surface area contributed by atoms with Gasteiger partial charge in [-0.15, -0.1) is 11.6 Å². The van der Waals surface area contributed by atoms with Crippen molar-refractivity contribution in [2.75, 3.05) is 0 Å². The first-order valence-electron chi connectivity index (χ1n) is 3.91. The van der Waals surface area contributed by atoms with Gasteiger partial charge in [-0.2, -0.15) is 13.2 Å². The Labute approximate surface area is 91.7 Å². The minimum Gasteiger partial charge on any atom is -0.505 e. The molecule has 0 aliphatic carbocycles. The van der Waals surface area contributed by atoms with Gasteiger partial charge in [0.1, 0.15) is 5.75 Å². The third-order valence-corrected chi connectivity index (χ3v) is 2.07. The molecule has 0 radical (unpaired) electrons. The summed E-state index contributed by atoms with van der Waals surface area (Å²) in [6, 6.07) is 0. The molecule has 8 heteroatoms. The van der Waals surface area contributed by atoms with Crippen molar-refractivity contribution in [2.24, 2.45) is 0 Å². The maximum absolute atomic E-state index is 12.4. The fourth-order valence-electron chi connectivity index (χ4n) is 1.10. The zero-order chi connectivity index (χ0) is 12.5. The SMILES string of the molecule is Oc1c(CCl)ncc(C(F)(F)F)c1C(F)F. The molecule has 0 aliphatic heterocycles. The van der Waals surface area contributed by atoms with E-state index in [2.05, 4.69) is 4.98 Å². The lowest BCUT2D eigenvalue weighted by molar-refractivity contribution is -0.140. The van der Waals surface area contributed by atoms with Gasteiger partial charge in [-0.1, -0.05) is 0 Å². The number of alkyl halides is 6. The number of rotatable bonds is 2. The molecule has 1 N–H and O–H groups in total. The Bertz CT molecular complexity index is 393. The Morgan fingerprint density at radius 3 is 2.31 bits per heavy atom. The summed E-state index contributed by atoms with van der Waals surface area (Å²) in [7, 11) is 0. The molecule has 90 valence electrons. The third kappa shape index (κ3) is 2.34. The molecular weight excluding hydrogens is 257 g/mol. The average Bonchev–Trinajstić information content (AvgIpc) is 2.15. The second kappa shape index (κ2) is 4.40. The van der Waals surface area contributed by atoms with Gasteiger partial charge in [0.15, 0.2) is 0 Å². The van der Waals surface area contributed by atoms with E-state index in [4.69, 9.17) is 11.6 Å². The summed E-state index contributed by atoms with van der Waals surface area (Å²) in [5.41, 5.74) is -3.56. The monoisotopic (exact) mass is 261 g/mol. The third-order valence-electron chi connectivity index (χ3n) is 1.82. The normalized spacial score (nSPS) is 12.2. The Morgan fingerprint density at radius 2 is 1.94 bits per heavy atom. The Hall–Kier alpha value is -1.11. The van der Waals surface area contributed by atoms with Crippen LogP contribution in [0.25, 0.3) is 0 Å². The zero-order valence-corrected chi connectivity index (χ0v) is 8.28. The van der Waals surface area contributed by atoms with Crippen molar-refractivity contribution in [1.82, 2.24) is 4.98 Å². The van der Waals surface area contributed by atoms with Gasteiger partial charge in [-0.3, -0.25) is 4.98 Å². The lowest BCUT2D eigenvalue weighted by atomic mass is 10.1. The second-order valence-electron chi connectivity index (χ2n) is 2.81. The first-order valence-corrected chi connectivity index (χ1v) is 4.44. The van der Waals surface area contributed by atoms with Gasteiger partial charge in [0.05, 0.1) is 22.7 Å². The lowest BCUT2D eigenvalue weighted by Crippen LogP contribution is -2.11. The summed E-state index contributed by atoms with van der Waals surface area (Å²) in [6.45, 7) is 0. The van der Waals surface area contributed by atoms with E-state index in [1.807, 2.05) is 0 Å². The van der Waals surface area contributed by atoms with Crippen molar-refractivity contribution in [3.8, 4) is 5.75 Å². The van der Waals surface area contributed by atoms with Crippen molar-refractivity contribution in [3.63, 3.8) is 0 Å². The predicted molar refractivity (Wildman–Crippen MR) is 45.4 cm³/mol. The minimum absolute atomic E-state index is 0.235. The largest absolute Gasteiger partial charge is 0.505 e. The molecule has 1 heterocycles. The van der Waals surface area contributed by atoms with Gasteiger partial charge >= 0.3 is 6.18 Å². The summed E-state index contributed by atoms with van der Waals surface area (Å²) in [6.07, 6.45) is -8.22. The first kappa shape index (κ1) is 13.0. The molecule has 1 aromatic rings. The zero-order valence-electron chi connectivity index (χ0n) is 7.52. The molecule has 0 saturated carbocycles. The Morgan fingerprint density at radius 1 is 1.38 bits per heavy atom. The molecule has 0 spiro atoms. The van der Waals surface area contributed by atoms with Gasteiger partial charge in [-0.05, 0) is 0 Å². The number of aromatic hydroxyl groups is 1. The van der Waals surface area contributed by atoms with Crippen LogP contribution in [-0.2, 0) is 12.1 Å². The van der Waals surface area contributed by atoms with Crippen LogP contribution in [0.3, 0.4) is 0 Å². The molecule has 2 nitrogen and oxygen atoms in total. The highest BCUT2D eigenvalue weighted by atomic mass is 35.5. The molecule has 0 aromatic carbocycles. The Kier molecular flexibility index (Phi) is 3.57. The standard InChI is InChI=1S/C8H5ClF5NO/c9-1-4-6(16)5(7(10)11)3(2-15-4)8(12,13)14/h2,7,16H,1H2. The molecule has 0 bridgehead atoms. The second-order valence-corrected chi connectivity index (χ2v) is 3.08. The van der Waals surface area contributed by atoms with E-state index in [-0.39, 0.29) is 6.20 Å². The first-order chi connectivity index (χ1) is 7.29. The molecule has 0 unspecified atom stereocenters. The van der Waals surface area contributed by atoms with Gasteiger partial charge in [0.25, 0.3) is 6.43 Å². The van der Waals surface area contributed by atoms with E-state index >= 15 is 0 Å². The number of hydrogen-bond donors (Lipinski definition) is 1. The van der Waals surface area contributed by atoms with Crippen molar-refractivity contribution in [2.45, 2.75) is 18.5 Å². The number of aromatic nitrogens is 1. The molecule has 16 heavy (non-hydrogen) atoms. The topological polar surface area (TPSA) is 33.1 Å². The summed E-state index contributed by atoms with van der Waals surface area (Å²) in [4.78, 5) is 3.17. The van der Waals surface area contributed by atoms with Gasteiger partial charge < -0.3 is 5.11 Å². The van der Waals surface area contributed by atoms with Crippen LogP contribution in [-0.4, -0.2) is 10.1 Å². The molecule has 0 saturated heterocycles. The lowest BCUT2D eigenvalue weighted by Gasteiger charge is -2.14.